The van der Waals surface area contributed by atoms with E-state index in [0.717, 1.165) is 42.4 Å². The molecule has 102 valence electrons. The second-order valence-electron chi connectivity index (χ2n) is 4.88. The lowest BCUT2D eigenvalue weighted by Gasteiger charge is -2.10. The number of hydrogen-bond donors (Lipinski definition) is 1. The van der Waals surface area contributed by atoms with Crippen molar-refractivity contribution in [3.8, 4) is 5.82 Å². The van der Waals surface area contributed by atoms with Gasteiger partial charge in [-0.05, 0) is 45.4 Å². The number of nitrogens with one attached hydrogen (secondary N) is 1. The highest BCUT2D eigenvalue weighted by Gasteiger charge is 2.07. The van der Waals surface area contributed by atoms with E-state index in [9.17, 15) is 0 Å². The normalized spacial score (nSPS) is 10.9. The first kappa shape index (κ1) is 13.7. The van der Waals surface area contributed by atoms with Crippen LogP contribution in [0.3, 0.4) is 0 Å². The molecule has 0 aliphatic heterocycles. The Hall–Kier alpha value is -1.68. The number of rotatable bonds is 5. The van der Waals surface area contributed by atoms with Crippen LogP contribution in [0.4, 0.5) is 0 Å². The first-order valence-corrected chi connectivity index (χ1v) is 6.81. The summed E-state index contributed by atoms with van der Waals surface area (Å²) in [6.45, 7) is 10.2. The molecule has 0 aliphatic carbocycles. The number of nitrogens with zero attached hydrogens (tertiary/aromatic N) is 3. The fraction of sp³-hybridized carbons (Fsp3) is 0.467. The lowest BCUT2D eigenvalue weighted by atomic mass is 10.2. The summed E-state index contributed by atoms with van der Waals surface area (Å²) in [5.74, 6) is 0.940. The SMILES string of the molecule is CCCNCc1ccc(-n2cnc(C)c2C)nc1C. The van der Waals surface area contributed by atoms with Crippen LogP contribution in [0.15, 0.2) is 18.5 Å². The zero-order valence-corrected chi connectivity index (χ0v) is 12.2. The lowest BCUT2D eigenvalue weighted by molar-refractivity contribution is 0.670. The summed E-state index contributed by atoms with van der Waals surface area (Å²) in [5, 5.41) is 3.41. The molecule has 0 radical (unpaired) electrons. The van der Waals surface area contributed by atoms with Crippen LogP contribution >= 0.6 is 0 Å². The van der Waals surface area contributed by atoms with Gasteiger partial charge >= 0.3 is 0 Å². The second-order valence-corrected chi connectivity index (χ2v) is 4.88. The molecule has 4 heteroatoms. The molecule has 0 atom stereocenters. The Balaban J connectivity index is 2.21. The summed E-state index contributed by atoms with van der Waals surface area (Å²) in [6.07, 6.45) is 2.99. The van der Waals surface area contributed by atoms with E-state index in [1.54, 1.807) is 0 Å². The van der Waals surface area contributed by atoms with Gasteiger partial charge in [-0.25, -0.2) is 9.97 Å². The molecule has 0 bridgehead atoms. The van der Waals surface area contributed by atoms with E-state index in [1.807, 2.05) is 17.8 Å². The van der Waals surface area contributed by atoms with Crippen molar-refractivity contribution in [2.75, 3.05) is 6.54 Å². The Morgan fingerprint density at radius 3 is 2.53 bits per heavy atom. The fourth-order valence-corrected chi connectivity index (χ4v) is 2.03. The van der Waals surface area contributed by atoms with E-state index >= 15 is 0 Å². The summed E-state index contributed by atoms with van der Waals surface area (Å²) in [5.41, 5.74) is 4.52. The van der Waals surface area contributed by atoms with Crippen LogP contribution < -0.4 is 5.32 Å². The third-order valence-electron chi connectivity index (χ3n) is 3.42. The summed E-state index contributed by atoms with van der Waals surface area (Å²) in [6, 6.07) is 4.21. The molecule has 0 fully saturated rings. The highest BCUT2D eigenvalue weighted by Crippen LogP contribution is 2.14. The van der Waals surface area contributed by atoms with Crippen LogP contribution in [-0.2, 0) is 6.54 Å². The van der Waals surface area contributed by atoms with E-state index in [-0.39, 0.29) is 0 Å². The first-order valence-electron chi connectivity index (χ1n) is 6.81. The molecule has 2 aromatic rings. The van der Waals surface area contributed by atoms with Gasteiger partial charge in [-0.3, -0.25) is 4.57 Å². The zero-order chi connectivity index (χ0) is 13.8. The van der Waals surface area contributed by atoms with Crippen LogP contribution in [0, 0.1) is 20.8 Å². The van der Waals surface area contributed by atoms with Crippen molar-refractivity contribution in [2.45, 2.75) is 40.7 Å². The molecular weight excluding hydrogens is 236 g/mol. The molecule has 2 aromatic heterocycles. The van der Waals surface area contributed by atoms with Crippen LogP contribution in [-0.4, -0.2) is 21.1 Å². The molecule has 2 heterocycles. The van der Waals surface area contributed by atoms with Gasteiger partial charge in [-0.1, -0.05) is 13.0 Å². The maximum absolute atomic E-state index is 4.68. The van der Waals surface area contributed by atoms with Crippen molar-refractivity contribution >= 4 is 0 Å². The highest BCUT2D eigenvalue weighted by molar-refractivity contribution is 5.32. The van der Waals surface area contributed by atoms with Gasteiger partial charge in [0.1, 0.15) is 12.1 Å². The number of imidazole rings is 1. The molecule has 0 saturated carbocycles. The van der Waals surface area contributed by atoms with E-state index in [1.165, 1.54) is 5.56 Å². The summed E-state index contributed by atoms with van der Waals surface area (Å²) in [4.78, 5) is 9.00. The number of pyridine rings is 1. The largest absolute Gasteiger partial charge is 0.313 e. The topological polar surface area (TPSA) is 42.7 Å². The number of aromatic nitrogens is 3. The molecule has 0 amide bonds. The molecule has 19 heavy (non-hydrogen) atoms. The molecule has 0 aromatic carbocycles. The van der Waals surface area contributed by atoms with Crippen LogP contribution in [0.5, 0.6) is 0 Å². The summed E-state index contributed by atoms with van der Waals surface area (Å²) in [7, 11) is 0. The monoisotopic (exact) mass is 258 g/mol. The Labute approximate surface area is 114 Å². The summed E-state index contributed by atoms with van der Waals surface area (Å²) >= 11 is 0. The van der Waals surface area contributed by atoms with E-state index in [2.05, 4.69) is 48.2 Å². The minimum absolute atomic E-state index is 0.884. The molecule has 0 spiro atoms. The van der Waals surface area contributed by atoms with Gasteiger partial charge in [0.25, 0.3) is 0 Å². The minimum atomic E-state index is 0.884. The Bertz CT molecular complexity index is 557. The van der Waals surface area contributed by atoms with Crippen molar-refractivity contribution in [1.29, 1.82) is 0 Å². The van der Waals surface area contributed by atoms with Gasteiger partial charge in [0, 0.05) is 17.9 Å². The standard InChI is InChI=1S/C15H22N4/c1-5-8-16-9-14-6-7-15(18-12(14)3)19-10-17-11(2)13(19)4/h6-7,10,16H,5,8-9H2,1-4H3. The molecule has 0 unspecified atom stereocenters. The lowest BCUT2D eigenvalue weighted by Crippen LogP contribution is -2.15. The maximum Gasteiger partial charge on any atom is 0.138 e. The van der Waals surface area contributed by atoms with E-state index in [4.69, 9.17) is 0 Å². The fourth-order valence-electron chi connectivity index (χ4n) is 2.03. The van der Waals surface area contributed by atoms with Gasteiger partial charge < -0.3 is 5.32 Å². The van der Waals surface area contributed by atoms with Crippen molar-refractivity contribution < 1.29 is 0 Å². The predicted octanol–water partition coefficient (Wildman–Crippen LogP) is 2.69. The minimum Gasteiger partial charge on any atom is -0.313 e. The van der Waals surface area contributed by atoms with Crippen molar-refractivity contribution in [1.82, 2.24) is 19.9 Å². The predicted molar refractivity (Wildman–Crippen MR) is 77.6 cm³/mol. The second kappa shape index (κ2) is 5.97. The van der Waals surface area contributed by atoms with Crippen LogP contribution in [0.25, 0.3) is 5.82 Å². The molecular formula is C15H22N4. The average molecular weight is 258 g/mol. The smallest absolute Gasteiger partial charge is 0.138 e. The maximum atomic E-state index is 4.68. The van der Waals surface area contributed by atoms with Crippen molar-refractivity contribution in [3.05, 3.63) is 41.1 Å². The van der Waals surface area contributed by atoms with Gasteiger partial charge in [0.2, 0.25) is 0 Å². The Morgan fingerprint density at radius 2 is 1.95 bits per heavy atom. The average Bonchev–Trinajstić information content (AvgIpc) is 2.72. The third-order valence-corrected chi connectivity index (χ3v) is 3.42. The van der Waals surface area contributed by atoms with Gasteiger partial charge in [-0.2, -0.15) is 0 Å². The molecule has 0 saturated heterocycles. The first-order chi connectivity index (χ1) is 9.13. The van der Waals surface area contributed by atoms with E-state index < -0.39 is 0 Å². The quantitative estimate of drug-likeness (QED) is 0.838. The van der Waals surface area contributed by atoms with Crippen molar-refractivity contribution in [2.24, 2.45) is 0 Å². The molecule has 0 aliphatic rings. The van der Waals surface area contributed by atoms with Crippen LogP contribution in [0.1, 0.15) is 36.0 Å². The Kier molecular flexibility index (Phi) is 4.32. The van der Waals surface area contributed by atoms with Gasteiger partial charge in [0.05, 0.1) is 5.69 Å². The Morgan fingerprint density at radius 1 is 1.16 bits per heavy atom. The van der Waals surface area contributed by atoms with Gasteiger partial charge in [-0.15, -0.1) is 0 Å². The molecule has 1 N–H and O–H groups in total. The van der Waals surface area contributed by atoms with Crippen LogP contribution in [0.2, 0.25) is 0 Å². The highest BCUT2D eigenvalue weighted by atomic mass is 15.1. The number of aryl methyl sites for hydroxylation is 2. The third kappa shape index (κ3) is 3.01. The summed E-state index contributed by atoms with van der Waals surface area (Å²) < 4.78 is 2.03. The van der Waals surface area contributed by atoms with E-state index in [0.29, 0.717) is 0 Å². The number of hydrogen-bond acceptors (Lipinski definition) is 3. The zero-order valence-electron chi connectivity index (χ0n) is 12.2. The molecule has 4 nitrogen and oxygen atoms in total. The van der Waals surface area contributed by atoms with Crippen molar-refractivity contribution in [3.63, 3.8) is 0 Å². The van der Waals surface area contributed by atoms with Gasteiger partial charge in [0.15, 0.2) is 0 Å². The molecule has 2 rings (SSSR count).